The third kappa shape index (κ3) is 3.98. The molecule has 1 N–H and O–H groups in total. The van der Waals surface area contributed by atoms with Crippen molar-refractivity contribution >= 4 is 40.3 Å². The number of aryl methyl sites for hydroxylation is 2. The Kier molecular flexibility index (Phi) is 5.51. The van der Waals surface area contributed by atoms with E-state index in [0.717, 1.165) is 22.9 Å². The number of hydrogen-bond donors (Lipinski definition) is 1. The van der Waals surface area contributed by atoms with Crippen LogP contribution < -0.4 is 10.2 Å². The minimum Gasteiger partial charge on any atom is -0.462 e. The van der Waals surface area contributed by atoms with Gasteiger partial charge in [-0.25, -0.2) is 9.69 Å². The molecule has 2 aromatic carbocycles. The minimum absolute atomic E-state index is 0.308. The van der Waals surface area contributed by atoms with Crippen LogP contribution in [0.25, 0.3) is 0 Å². The summed E-state index contributed by atoms with van der Waals surface area (Å²) in [6.07, 6.45) is 0. The highest BCUT2D eigenvalue weighted by Crippen LogP contribution is 2.33. The van der Waals surface area contributed by atoms with E-state index in [1.807, 2.05) is 26.0 Å². The van der Waals surface area contributed by atoms with Gasteiger partial charge < -0.3 is 10.1 Å². The van der Waals surface area contributed by atoms with Crippen molar-refractivity contribution in [2.45, 2.75) is 26.1 Å². The van der Waals surface area contributed by atoms with E-state index in [9.17, 15) is 14.4 Å². The number of rotatable bonds is 5. The number of ether oxygens (including phenoxy) is 1. The highest BCUT2D eigenvalue weighted by atomic mass is 32.2. The van der Waals surface area contributed by atoms with Gasteiger partial charge in [-0.3, -0.25) is 9.59 Å². The summed E-state index contributed by atoms with van der Waals surface area (Å²) in [7, 11) is 0. The Hall–Kier alpha value is -2.80. The van der Waals surface area contributed by atoms with Crippen LogP contribution in [0.5, 0.6) is 0 Å². The number of carbonyl (C=O) groups is 3. The molecular weight excluding hydrogens is 364 g/mol. The number of nitrogens with one attached hydrogen (secondary N) is 1. The molecule has 1 unspecified atom stereocenters. The molecule has 1 saturated heterocycles. The molecule has 0 saturated carbocycles. The molecule has 1 heterocycles. The third-order valence-electron chi connectivity index (χ3n) is 4.29. The standard InChI is InChI=1S/C20H20N2O4S/c1-4-26-19(24)14-6-8-15(9-7-14)21-17-18(23)22(20(25)27-17)16-10-5-12(2)13(3)11-16/h5-11,17,21H,4H2,1-3H3. The third-order valence-corrected chi connectivity index (χ3v) is 5.23. The zero-order chi connectivity index (χ0) is 19.6. The molecule has 0 bridgehead atoms. The molecule has 2 amide bonds. The summed E-state index contributed by atoms with van der Waals surface area (Å²) in [5.74, 6) is -0.714. The van der Waals surface area contributed by atoms with Gasteiger partial charge in [-0.1, -0.05) is 6.07 Å². The van der Waals surface area contributed by atoms with Crippen LogP contribution in [-0.2, 0) is 9.53 Å². The summed E-state index contributed by atoms with van der Waals surface area (Å²) >= 11 is 0.935. The van der Waals surface area contributed by atoms with Crippen molar-refractivity contribution in [2.24, 2.45) is 0 Å². The van der Waals surface area contributed by atoms with Gasteiger partial charge in [0.05, 0.1) is 17.9 Å². The van der Waals surface area contributed by atoms with Crippen LogP contribution in [0.15, 0.2) is 42.5 Å². The number of hydrogen-bond acceptors (Lipinski definition) is 6. The zero-order valence-corrected chi connectivity index (χ0v) is 16.1. The highest BCUT2D eigenvalue weighted by molar-refractivity contribution is 8.16. The van der Waals surface area contributed by atoms with Crippen LogP contribution in [0.4, 0.5) is 16.2 Å². The van der Waals surface area contributed by atoms with Gasteiger partial charge in [0.25, 0.3) is 11.1 Å². The topological polar surface area (TPSA) is 75.7 Å². The summed E-state index contributed by atoms with van der Waals surface area (Å²) in [6.45, 7) is 5.97. The quantitative estimate of drug-likeness (QED) is 0.782. The highest BCUT2D eigenvalue weighted by Gasteiger charge is 2.40. The Morgan fingerprint density at radius 3 is 2.44 bits per heavy atom. The lowest BCUT2D eigenvalue weighted by molar-refractivity contribution is -0.116. The molecular formula is C20H20N2O4S. The van der Waals surface area contributed by atoms with Gasteiger partial charge in [-0.15, -0.1) is 0 Å². The first-order chi connectivity index (χ1) is 12.9. The number of amides is 2. The van der Waals surface area contributed by atoms with E-state index < -0.39 is 11.3 Å². The number of nitrogens with zero attached hydrogens (tertiary/aromatic N) is 1. The molecule has 3 rings (SSSR count). The monoisotopic (exact) mass is 384 g/mol. The Morgan fingerprint density at radius 2 is 1.81 bits per heavy atom. The fraction of sp³-hybridized carbons (Fsp3) is 0.250. The summed E-state index contributed by atoms with van der Waals surface area (Å²) in [4.78, 5) is 38.0. The van der Waals surface area contributed by atoms with Crippen LogP contribution in [0.2, 0.25) is 0 Å². The Labute approximate surface area is 161 Å². The van der Waals surface area contributed by atoms with E-state index in [4.69, 9.17) is 4.74 Å². The first-order valence-corrected chi connectivity index (χ1v) is 9.44. The van der Waals surface area contributed by atoms with Crippen molar-refractivity contribution in [1.29, 1.82) is 0 Å². The van der Waals surface area contributed by atoms with Crippen molar-refractivity contribution in [2.75, 3.05) is 16.8 Å². The maximum Gasteiger partial charge on any atom is 0.338 e. The SMILES string of the molecule is CCOC(=O)c1ccc(NC2SC(=O)N(c3ccc(C)c(C)c3)C2=O)cc1. The molecule has 1 atom stereocenters. The van der Waals surface area contributed by atoms with Crippen molar-refractivity contribution in [1.82, 2.24) is 0 Å². The summed E-state index contributed by atoms with van der Waals surface area (Å²) in [6, 6.07) is 12.1. The second-order valence-corrected chi connectivity index (χ2v) is 7.20. The second-order valence-electron chi connectivity index (χ2n) is 6.15. The molecule has 1 aliphatic rings. The van der Waals surface area contributed by atoms with Gasteiger partial charge in [-0.05, 0) is 80.1 Å². The van der Waals surface area contributed by atoms with Crippen LogP contribution >= 0.6 is 11.8 Å². The lowest BCUT2D eigenvalue weighted by atomic mass is 10.1. The van der Waals surface area contributed by atoms with E-state index in [1.54, 1.807) is 37.3 Å². The van der Waals surface area contributed by atoms with Gasteiger partial charge >= 0.3 is 5.97 Å². The zero-order valence-electron chi connectivity index (χ0n) is 15.3. The number of anilines is 2. The molecule has 0 spiro atoms. The number of carbonyl (C=O) groups excluding carboxylic acids is 3. The average Bonchev–Trinajstić information content (AvgIpc) is 2.92. The van der Waals surface area contributed by atoms with Crippen LogP contribution in [-0.4, -0.2) is 29.1 Å². The molecule has 0 radical (unpaired) electrons. The van der Waals surface area contributed by atoms with Gasteiger partial charge in [0.2, 0.25) is 0 Å². The summed E-state index contributed by atoms with van der Waals surface area (Å²) in [5, 5.41) is 2.01. The molecule has 6 nitrogen and oxygen atoms in total. The first-order valence-electron chi connectivity index (χ1n) is 8.56. The fourth-order valence-corrected chi connectivity index (χ4v) is 3.57. The Balaban J connectivity index is 1.73. The lowest BCUT2D eigenvalue weighted by Crippen LogP contribution is -2.34. The molecule has 27 heavy (non-hydrogen) atoms. The molecule has 7 heteroatoms. The number of benzene rings is 2. The number of imide groups is 1. The molecule has 2 aromatic rings. The van der Waals surface area contributed by atoms with Crippen molar-refractivity contribution in [3.8, 4) is 0 Å². The predicted octanol–water partition coefficient (Wildman–Crippen LogP) is 4.12. The second kappa shape index (κ2) is 7.84. The lowest BCUT2D eigenvalue weighted by Gasteiger charge is -2.16. The normalized spacial score (nSPS) is 16.6. The van der Waals surface area contributed by atoms with Crippen LogP contribution in [0.3, 0.4) is 0 Å². The molecule has 0 aromatic heterocycles. The van der Waals surface area contributed by atoms with Crippen molar-refractivity contribution in [3.63, 3.8) is 0 Å². The smallest absolute Gasteiger partial charge is 0.338 e. The first kappa shape index (κ1) is 19.0. The van der Waals surface area contributed by atoms with Crippen LogP contribution in [0, 0.1) is 13.8 Å². The molecule has 1 aliphatic heterocycles. The number of thioether (sulfide) groups is 1. The number of esters is 1. The van der Waals surface area contributed by atoms with Gasteiger partial charge in [0.1, 0.15) is 0 Å². The predicted molar refractivity (Wildman–Crippen MR) is 106 cm³/mol. The largest absolute Gasteiger partial charge is 0.462 e. The maximum absolute atomic E-state index is 12.7. The van der Waals surface area contributed by atoms with E-state index in [-0.39, 0.29) is 11.1 Å². The Morgan fingerprint density at radius 1 is 1.11 bits per heavy atom. The van der Waals surface area contributed by atoms with E-state index in [1.165, 1.54) is 4.90 Å². The summed E-state index contributed by atoms with van der Waals surface area (Å²) in [5.41, 5.74) is 3.76. The van der Waals surface area contributed by atoms with Gasteiger partial charge in [0.15, 0.2) is 5.37 Å². The van der Waals surface area contributed by atoms with E-state index >= 15 is 0 Å². The van der Waals surface area contributed by atoms with E-state index in [2.05, 4.69) is 5.32 Å². The van der Waals surface area contributed by atoms with Crippen molar-refractivity contribution < 1.29 is 19.1 Å². The molecule has 1 fully saturated rings. The van der Waals surface area contributed by atoms with Crippen molar-refractivity contribution in [3.05, 3.63) is 59.2 Å². The molecule has 0 aliphatic carbocycles. The van der Waals surface area contributed by atoms with E-state index in [0.29, 0.717) is 23.5 Å². The van der Waals surface area contributed by atoms with Gasteiger partial charge in [0, 0.05) is 5.69 Å². The van der Waals surface area contributed by atoms with Gasteiger partial charge in [-0.2, -0.15) is 0 Å². The average molecular weight is 384 g/mol. The minimum atomic E-state index is -0.715. The maximum atomic E-state index is 12.7. The van der Waals surface area contributed by atoms with Crippen LogP contribution in [0.1, 0.15) is 28.4 Å². The Bertz CT molecular complexity index is 895. The summed E-state index contributed by atoms with van der Waals surface area (Å²) < 4.78 is 4.94. The molecule has 140 valence electrons. The fourth-order valence-electron chi connectivity index (χ4n) is 2.67.